The molecule has 1 aliphatic carbocycles. The van der Waals surface area contributed by atoms with Gasteiger partial charge in [-0.3, -0.25) is 19.1 Å². The van der Waals surface area contributed by atoms with E-state index in [1.54, 1.807) is 6.07 Å². The molecular weight excluding hydrogens is 392 g/mol. The molecule has 5 rings (SSSR count). The average Bonchev–Trinajstić information content (AvgIpc) is 3.52. The molecule has 160 valence electrons. The van der Waals surface area contributed by atoms with E-state index < -0.39 is 11.2 Å². The Morgan fingerprint density at radius 3 is 2.65 bits per heavy atom. The molecule has 0 spiro atoms. The molecule has 0 radical (unpaired) electrons. The van der Waals surface area contributed by atoms with Crippen LogP contribution in [0.4, 0.5) is 0 Å². The third kappa shape index (κ3) is 3.48. The van der Waals surface area contributed by atoms with E-state index in [4.69, 9.17) is 4.98 Å². The smallest absolute Gasteiger partial charge is 0.329 e. The quantitative estimate of drug-likeness (QED) is 0.688. The van der Waals surface area contributed by atoms with Crippen molar-refractivity contribution < 1.29 is 4.79 Å². The first-order valence-corrected chi connectivity index (χ1v) is 11.1. The number of rotatable bonds is 5. The molecule has 31 heavy (non-hydrogen) atoms. The SMILES string of the molecule is CCCn1c(=O)[nH]c(=O)c2c(C(=O)N3CCCC3c3ccccc3)cc(C3CC3)nc21. The Balaban J connectivity index is 1.68. The number of carbonyl (C=O) groups is 1. The van der Waals surface area contributed by atoms with Gasteiger partial charge in [0.15, 0.2) is 5.65 Å². The van der Waals surface area contributed by atoms with Gasteiger partial charge in [0.25, 0.3) is 11.5 Å². The first-order chi connectivity index (χ1) is 15.1. The minimum absolute atomic E-state index is 0.0121. The van der Waals surface area contributed by atoms with Gasteiger partial charge in [-0.25, -0.2) is 9.78 Å². The number of aromatic amines is 1. The van der Waals surface area contributed by atoms with Gasteiger partial charge in [-0.2, -0.15) is 0 Å². The second-order valence-electron chi connectivity index (χ2n) is 8.55. The summed E-state index contributed by atoms with van der Waals surface area (Å²) in [5, 5.41) is 0.223. The maximum atomic E-state index is 13.8. The van der Waals surface area contributed by atoms with E-state index >= 15 is 0 Å². The van der Waals surface area contributed by atoms with Crippen LogP contribution in [-0.4, -0.2) is 31.9 Å². The highest BCUT2D eigenvalue weighted by Gasteiger charge is 2.34. The maximum Gasteiger partial charge on any atom is 0.329 e. The minimum Gasteiger partial charge on any atom is -0.332 e. The summed E-state index contributed by atoms with van der Waals surface area (Å²) in [5.74, 6) is 0.136. The summed E-state index contributed by atoms with van der Waals surface area (Å²) in [4.78, 5) is 48.1. The molecule has 1 amide bonds. The average molecular weight is 418 g/mol. The van der Waals surface area contributed by atoms with Crippen molar-refractivity contribution in [3.05, 3.63) is 74.1 Å². The number of hydrogen-bond acceptors (Lipinski definition) is 4. The monoisotopic (exact) mass is 418 g/mol. The Hall–Kier alpha value is -3.22. The number of nitrogens with zero attached hydrogens (tertiary/aromatic N) is 3. The van der Waals surface area contributed by atoms with Gasteiger partial charge in [0.2, 0.25) is 0 Å². The van der Waals surface area contributed by atoms with Gasteiger partial charge in [-0.05, 0) is 43.7 Å². The summed E-state index contributed by atoms with van der Waals surface area (Å²) in [6, 6.07) is 11.8. The van der Waals surface area contributed by atoms with Gasteiger partial charge in [-0.1, -0.05) is 37.3 Å². The van der Waals surface area contributed by atoms with Gasteiger partial charge in [0, 0.05) is 24.7 Å². The van der Waals surface area contributed by atoms with Gasteiger partial charge < -0.3 is 4.90 Å². The lowest BCUT2D eigenvalue weighted by molar-refractivity contribution is 0.0737. The largest absolute Gasteiger partial charge is 0.332 e. The second kappa shape index (κ2) is 7.80. The van der Waals surface area contributed by atoms with Crippen LogP contribution in [-0.2, 0) is 6.54 Å². The first-order valence-electron chi connectivity index (χ1n) is 11.1. The molecule has 2 aliphatic rings. The van der Waals surface area contributed by atoms with Gasteiger partial charge in [0.1, 0.15) is 0 Å². The molecule has 3 heterocycles. The van der Waals surface area contributed by atoms with E-state index in [1.807, 2.05) is 42.2 Å². The molecule has 1 saturated heterocycles. The third-order valence-electron chi connectivity index (χ3n) is 6.34. The van der Waals surface area contributed by atoms with E-state index in [1.165, 1.54) is 4.57 Å². The Bertz CT molecular complexity index is 1260. The Morgan fingerprint density at radius 1 is 1.16 bits per heavy atom. The minimum atomic E-state index is -0.541. The fourth-order valence-corrected chi connectivity index (χ4v) is 4.67. The third-order valence-corrected chi connectivity index (χ3v) is 6.34. The molecule has 1 N–H and O–H groups in total. The second-order valence-corrected chi connectivity index (χ2v) is 8.55. The van der Waals surface area contributed by atoms with Crippen molar-refractivity contribution >= 4 is 16.9 Å². The van der Waals surface area contributed by atoms with E-state index in [2.05, 4.69) is 4.98 Å². The molecule has 7 nitrogen and oxygen atoms in total. The van der Waals surface area contributed by atoms with Crippen LogP contribution in [0.5, 0.6) is 0 Å². The molecule has 1 aliphatic heterocycles. The van der Waals surface area contributed by atoms with Gasteiger partial charge >= 0.3 is 5.69 Å². The molecule has 2 aromatic heterocycles. The van der Waals surface area contributed by atoms with Crippen LogP contribution in [0, 0.1) is 0 Å². The van der Waals surface area contributed by atoms with E-state index in [0.29, 0.717) is 30.2 Å². The van der Waals surface area contributed by atoms with Crippen molar-refractivity contribution in [1.29, 1.82) is 0 Å². The molecule has 7 heteroatoms. The Labute approximate surface area is 179 Å². The molecule has 1 atom stereocenters. The highest BCUT2D eigenvalue weighted by molar-refractivity contribution is 6.05. The summed E-state index contributed by atoms with van der Waals surface area (Å²) in [6.07, 6.45) is 4.57. The summed E-state index contributed by atoms with van der Waals surface area (Å²) in [5.41, 5.74) is 1.59. The van der Waals surface area contributed by atoms with E-state index in [0.717, 1.165) is 43.4 Å². The van der Waals surface area contributed by atoms with Crippen LogP contribution in [0.3, 0.4) is 0 Å². The standard InChI is InChI=1S/C24H26N4O3/c1-2-12-28-21-20(22(29)26-24(28)31)17(14-18(25-21)15-10-11-15)23(30)27-13-6-9-19(27)16-7-4-3-5-8-16/h3-5,7-8,14-15,19H,2,6,9-13H2,1H3,(H,26,29,31). The highest BCUT2D eigenvalue weighted by Crippen LogP contribution is 2.40. The molecule has 1 saturated carbocycles. The Kier molecular flexibility index (Phi) is 4.96. The molecule has 2 fully saturated rings. The zero-order valence-corrected chi connectivity index (χ0v) is 17.6. The molecular formula is C24H26N4O3. The van der Waals surface area contributed by atoms with Crippen LogP contribution in [0.1, 0.15) is 72.6 Å². The fourth-order valence-electron chi connectivity index (χ4n) is 4.67. The molecule has 0 bridgehead atoms. The van der Waals surface area contributed by atoms with Crippen molar-refractivity contribution in [3.8, 4) is 0 Å². The number of amides is 1. The predicted octanol–water partition coefficient (Wildman–Crippen LogP) is 3.35. The number of pyridine rings is 1. The highest BCUT2D eigenvalue weighted by atomic mass is 16.2. The van der Waals surface area contributed by atoms with Crippen LogP contribution in [0.15, 0.2) is 46.0 Å². The topological polar surface area (TPSA) is 88.1 Å². The number of hydrogen-bond donors (Lipinski definition) is 1. The van der Waals surface area contributed by atoms with Gasteiger partial charge in [0.05, 0.1) is 17.0 Å². The predicted molar refractivity (Wildman–Crippen MR) is 118 cm³/mol. The summed E-state index contributed by atoms with van der Waals surface area (Å²) >= 11 is 0. The van der Waals surface area contributed by atoms with Crippen molar-refractivity contribution in [3.63, 3.8) is 0 Å². The lowest BCUT2D eigenvalue weighted by Crippen LogP contribution is -2.35. The normalized spacial score (nSPS) is 18.6. The van der Waals surface area contributed by atoms with Crippen LogP contribution in [0.2, 0.25) is 0 Å². The number of aryl methyl sites for hydroxylation is 1. The maximum absolute atomic E-state index is 13.8. The zero-order chi connectivity index (χ0) is 21.5. The van der Waals surface area contributed by atoms with Gasteiger partial charge in [-0.15, -0.1) is 0 Å². The van der Waals surface area contributed by atoms with Crippen LogP contribution < -0.4 is 11.2 Å². The number of carbonyl (C=O) groups excluding carboxylic acids is 1. The number of H-pyrrole nitrogens is 1. The number of likely N-dealkylation sites (tertiary alicyclic amines) is 1. The summed E-state index contributed by atoms with van der Waals surface area (Å²) < 4.78 is 1.50. The van der Waals surface area contributed by atoms with E-state index in [9.17, 15) is 14.4 Å². The van der Waals surface area contributed by atoms with Crippen LogP contribution in [0.25, 0.3) is 11.0 Å². The van der Waals surface area contributed by atoms with Crippen molar-refractivity contribution in [1.82, 2.24) is 19.4 Å². The molecule has 3 aromatic rings. The molecule has 1 aromatic carbocycles. The van der Waals surface area contributed by atoms with Crippen molar-refractivity contribution in [2.75, 3.05) is 6.54 Å². The number of benzene rings is 1. The van der Waals surface area contributed by atoms with Crippen LogP contribution >= 0.6 is 0 Å². The number of fused-ring (bicyclic) bond motifs is 1. The summed E-state index contributed by atoms with van der Waals surface area (Å²) in [7, 11) is 0. The van der Waals surface area contributed by atoms with Crippen molar-refractivity contribution in [2.45, 2.75) is 57.5 Å². The number of aromatic nitrogens is 3. The zero-order valence-electron chi connectivity index (χ0n) is 17.6. The Morgan fingerprint density at radius 2 is 1.94 bits per heavy atom. The van der Waals surface area contributed by atoms with E-state index in [-0.39, 0.29) is 17.3 Å². The van der Waals surface area contributed by atoms with Crippen molar-refractivity contribution in [2.24, 2.45) is 0 Å². The lowest BCUT2D eigenvalue weighted by atomic mass is 10.0. The molecule has 1 unspecified atom stereocenters. The fraction of sp³-hybridized carbons (Fsp3) is 0.417. The first kappa shape index (κ1) is 19.7. The lowest BCUT2D eigenvalue weighted by Gasteiger charge is -2.26. The summed E-state index contributed by atoms with van der Waals surface area (Å²) in [6.45, 7) is 3.06. The number of nitrogens with one attached hydrogen (secondary N) is 1.